The highest BCUT2D eigenvalue weighted by atomic mass is 33.1. The Labute approximate surface area is 62.7 Å². The van der Waals surface area contributed by atoms with Crippen molar-refractivity contribution in [2.24, 2.45) is 0 Å². The van der Waals surface area contributed by atoms with Gasteiger partial charge in [0.05, 0.1) is 5.25 Å². The molecule has 54 valence electrons. The minimum absolute atomic E-state index is 0.292. The lowest BCUT2D eigenvalue weighted by atomic mass is 10.3. The predicted molar refractivity (Wildman–Crippen MR) is 41.5 cm³/mol. The van der Waals surface area contributed by atoms with E-state index in [1.54, 1.807) is 21.6 Å². The summed E-state index contributed by atoms with van der Waals surface area (Å²) in [4.78, 5) is 0. The van der Waals surface area contributed by atoms with Crippen LogP contribution in [0, 0.1) is 0 Å². The number of methoxy groups -OCH3 is 1. The van der Waals surface area contributed by atoms with Crippen LogP contribution in [0.15, 0.2) is 0 Å². The molecule has 1 fully saturated rings. The molecule has 1 heterocycles. The molecule has 2 atom stereocenters. The minimum atomic E-state index is -0.565. The van der Waals surface area contributed by atoms with Gasteiger partial charge in [0.1, 0.15) is 0 Å². The van der Waals surface area contributed by atoms with E-state index in [2.05, 4.69) is 0 Å². The highest BCUT2D eigenvalue weighted by Gasteiger charge is 2.23. The first kappa shape index (κ1) is 7.72. The van der Waals surface area contributed by atoms with Gasteiger partial charge in [0.25, 0.3) is 0 Å². The van der Waals surface area contributed by atoms with Crippen molar-refractivity contribution in [3.63, 3.8) is 0 Å². The lowest BCUT2D eigenvalue weighted by Gasteiger charge is -2.12. The molecule has 0 amide bonds. The van der Waals surface area contributed by atoms with Gasteiger partial charge in [0.2, 0.25) is 0 Å². The van der Waals surface area contributed by atoms with Crippen molar-refractivity contribution < 1.29 is 9.84 Å². The summed E-state index contributed by atoms with van der Waals surface area (Å²) in [6.07, 6.45) is 0.495. The number of ether oxygens (including phenoxy) is 1. The van der Waals surface area contributed by atoms with Crippen molar-refractivity contribution in [1.82, 2.24) is 0 Å². The molecular weight excluding hydrogens is 156 g/mol. The highest BCUT2D eigenvalue weighted by Crippen LogP contribution is 2.39. The van der Waals surface area contributed by atoms with Crippen LogP contribution in [-0.4, -0.2) is 29.5 Å². The number of aliphatic hydroxyl groups excluding tert-OH is 1. The summed E-state index contributed by atoms with van der Waals surface area (Å²) >= 11 is 0. The molecule has 1 saturated heterocycles. The van der Waals surface area contributed by atoms with Gasteiger partial charge in [-0.2, -0.15) is 0 Å². The van der Waals surface area contributed by atoms with Crippen LogP contribution in [0.25, 0.3) is 0 Å². The predicted octanol–water partition coefficient (Wildman–Crippen LogP) is 1.10. The lowest BCUT2D eigenvalue weighted by Crippen LogP contribution is -2.22. The van der Waals surface area contributed by atoms with Gasteiger partial charge in [-0.15, -0.1) is 0 Å². The SMILES string of the molecule is COC(O)C1CCSS1. The Bertz CT molecular complexity index is 83.0. The van der Waals surface area contributed by atoms with E-state index < -0.39 is 6.29 Å². The van der Waals surface area contributed by atoms with Crippen molar-refractivity contribution in [2.75, 3.05) is 12.9 Å². The number of rotatable bonds is 2. The Morgan fingerprint density at radius 1 is 1.78 bits per heavy atom. The van der Waals surface area contributed by atoms with E-state index >= 15 is 0 Å². The Morgan fingerprint density at radius 3 is 3.00 bits per heavy atom. The molecule has 2 unspecified atom stereocenters. The van der Waals surface area contributed by atoms with Gasteiger partial charge in [-0.25, -0.2) is 0 Å². The van der Waals surface area contributed by atoms with E-state index in [0.29, 0.717) is 5.25 Å². The molecule has 1 aliphatic heterocycles. The molecule has 0 aliphatic carbocycles. The van der Waals surface area contributed by atoms with E-state index in [0.717, 1.165) is 12.2 Å². The quantitative estimate of drug-likeness (QED) is 0.491. The van der Waals surface area contributed by atoms with Crippen molar-refractivity contribution in [3.8, 4) is 0 Å². The molecule has 0 saturated carbocycles. The summed E-state index contributed by atoms with van der Waals surface area (Å²) in [5.74, 6) is 1.13. The van der Waals surface area contributed by atoms with Crippen LogP contribution in [0.3, 0.4) is 0 Å². The van der Waals surface area contributed by atoms with Crippen LogP contribution < -0.4 is 0 Å². The molecule has 0 aromatic carbocycles. The molecule has 0 bridgehead atoms. The smallest absolute Gasteiger partial charge is 0.166 e. The van der Waals surface area contributed by atoms with Crippen LogP contribution in [0.5, 0.6) is 0 Å². The molecule has 0 radical (unpaired) electrons. The first-order valence-electron chi connectivity index (χ1n) is 2.83. The first-order chi connectivity index (χ1) is 4.34. The Kier molecular flexibility index (Phi) is 3.18. The summed E-state index contributed by atoms with van der Waals surface area (Å²) in [7, 11) is 5.06. The molecule has 1 rings (SSSR count). The Hall–Kier alpha value is 0.620. The fourth-order valence-corrected chi connectivity index (χ4v) is 3.56. The van der Waals surface area contributed by atoms with Gasteiger partial charge >= 0.3 is 0 Å². The van der Waals surface area contributed by atoms with Gasteiger partial charge in [-0.05, 0) is 6.42 Å². The maximum absolute atomic E-state index is 9.10. The summed E-state index contributed by atoms with van der Waals surface area (Å²) < 4.78 is 4.76. The zero-order valence-corrected chi connectivity index (χ0v) is 6.87. The second kappa shape index (κ2) is 3.71. The standard InChI is InChI=1S/C5H10O2S2/c1-7-5(6)4-2-3-8-9-4/h4-6H,2-3H2,1H3. The van der Waals surface area contributed by atoms with Crippen molar-refractivity contribution in [3.05, 3.63) is 0 Å². The molecule has 1 N–H and O–H groups in total. The van der Waals surface area contributed by atoms with E-state index in [9.17, 15) is 0 Å². The molecule has 1 aliphatic rings. The van der Waals surface area contributed by atoms with Gasteiger partial charge in [0, 0.05) is 12.9 Å². The summed E-state index contributed by atoms with van der Waals surface area (Å²) in [6.45, 7) is 0. The number of hydrogen-bond donors (Lipinski definition) is 1. The van der Waals surface area contributed by atoms with E-state index in [1.807, 2.05) is 0 Å². The van der Waals surface area contributed by atoms with Crippen LogP contribution in [0.4, 0.5) is 0 Å². The van der Waals surface area contributed by atoms with Gasteiger partial charge in [-0.1, -0.05) is 21.6 Å². The molecule has 0 spiro atoms. The van der Waals surface area contributed by atoms with Crippen molar-refractivity contribution in [2.45, 2.75) is 18.0 Å². The number of aliphatic hydroxyl groups is 1. The largest absolute Gasteiger partial charge is 0.367 e. The highest BCUT2D eigenvalue weighted by molar-refractivity contribution is 8.77. The maximum Gasteiger partial charge on any atom is 0.166 e. The van der Waals surface area contributed by atoms with Crippen LogP contribution in [0.1, 0.15) is 6.42 Å². The van der Waals surface area contributed by atoms with Crippen molar-refractivity contribution >= 4 is 21.6 Å². The zero-order valence-electron chi connectivity index (χ0n) is 5.24. The molecule has 0 aromatic rings. The monoisotopic (exact) mass is 166 g/mol. The van der Waals surface area contributed by atoms with Crippen LogP contribution in [-0.2, 0) is 4.74 Å². The normalized spacial score (nSPS) is 30.7. The molecule has 9 heavy (non-hydrogen) atoms. The Balaban J connectivity index is 2.24. The van der Waals surface area contributed by atoms with Crippen LogP contribution >= 0.6 is 21.6 Å². The van der Waals surface area contributed by atoms with E-state index in [1.165, 1.54) is 7.11 Å². The Morgan fingerprint density at radius 2 is 2.56 bits per heavy atom. The molecule has 4 heteroatoms. The van der Waals surface area contributed by atoms with Crippen LogP contribution in [0.2, 0.25) is 0 Å². The zero-order chi connectivity index (χ0) is 6.69. The van der Waals surface area contributed by atoms with Gasteiger partial charge < -0.3 is 9.84 Å². The summed E-state index contributed by atoms with van der Waals surface area (Å²) in [5.41, 5.74) is 0. The van der Waals surface area contributed by atoms with Gasteiger partial charge in [-0.3, -0.25) is 0 Å². The third kappa shape index (κ3) is 2.04. The van der Waals surface area contributed by atoms with E-state index in [-0.39, 0.29) is 0 Å². The third-order valence-corrected chi connectivity index (χ3v) is 4.14. The summed E-state index contributed by atoms with van der Waals surface area (Å²) in [6, 6.07) is 0. The van der Waals surface area contributed by atoms with Gasteiger partial charge in [0.15, 0.2) is 6.29 Å². The molecule has 2 nitrogen and oxygen atoms in total. The number of hydrogen-bond acceptors (Lipinski definition) is 4. The summed E-state index contributed by atoms with van der Waals surface area (Å²) in [5, 5.41) is 9.39. The average Bonchev–Trinajstić information content (AvgIpc) is 2.37. The molecular formula is C5H10O2S2. The average molecular weight is 166 g/mol. The second-order valence-electron chi connectivity index (χ2n) is 1.87. The van der Waals surface area contributed by atoms with E-state index in [4.69, 9.17) is 9.84 Å². The topological polar surface area (TPSA) is 29.5 Å². The first-order valence-corrected chi connectivity index (χ1v) is 5.22. The fourth-order valence-electron chi connectivity index (χ4n) is 0.690. The second-order valence-corrected chi connectivity index (χ2v) is 4.60. The third-order valence-electron chi connectivity index (χ3n) is 1.24. The lowest BCUT2D eigenvalue weighted by molar-refractivity contribution is -0.0731. The fraction of sp³-hybridized carbons (Fsp3) is 1.00. The molecule has 0 aromatic heterocycles. The van der Waals surface area contributed by atoms with Crippen molar-refractivity contribution in [1.29, 1.82) is 0 Å². The maximum atomic E-state index is 9.10. The minimum Gasteiger partial charge on any atom is -0.367 e.